The molecule has 0 N–H and O–H groups in total. The van der Waals surface area contributed by atoms with Crippen molar-refractivity contribution in [2.24, 2.45) is 0 Å². The zero-order valence-corrected chi connectivity index (χ0v) is 15.9. The molecule has 0 atom stereocenters. The van der Waals surface area contributed by atoms with E-state index < -0.39 is 4.92 Å². The van der Waals surface area contributed by atoms with Gasteiger partial charge in [-0.15, -0.1) is 0 Å². The van der Waals surface area contributed by atoms with Gasteiger partial charge in [-0.2, -0.15) is 4.98 Å². The first-order chi connectivity index (χ1) is 15.2. The van der Waals surface area contributed by atoms with Crippen LogP contribution in [0.25, 0.3) is 5.69 Å². The van der Waals surface area contributed by atoms with Crippen LogP contribution < -0.4 is 18.9 Å². The lowest BCUT2D eigenvalue weighted by Gasteiger charge is -2.09. The van der Waals surface area contributed by atoms with Gasteiger partial charge in [-0.05, 0) is 36.4 Å². The summed E-state index contributed by atoms with van der Waals surface area (Å²) in [5, 5.41) is 11.4. The topological polar surface area (TPSA) is 111 Å². The summed E-state index contributed by atoms with van der Waals surface area (Å²) in [4.78, 5) is 19.0. The summed E-state index contributed by atoms with van der Waals surface area (Å²) in [6.45, 7) is 0.145. The Labute approximate surface area is 175 Å². The third kappa shape index (κ3) is 3.81. The molecule has 1 aliphatic heterocycles. The van der Waals surface area contributed by atoms with Gasteiger partial charge in [0.25, 0.3) is 0 Å². The third-order valence-electron chi connectivity index (χ3n) is 4.43. The Morgan fingerprint density at radius 1 is 0.968 bits per heavy atom. The number of benzene rings is 2. The maximum absolute atomic E-state index is 11.4. The molecule has 0 unspecified atom stereocenters. The molecule has 3 heterocycles. The summed E-state index contributed by atoms with van der Waals surface area (Å²) in [6, 6.07) is 14.7. The molecule has 2 aromatic carbocycles. The van der Waals surface area contributed by atoms with E-state index in [0.717, 1.165) is 5.69 Å². The van der Waals surface area contributed by atoms with Crippen molar-refractivity contribution in [3.05, 3.63) is 83.4 Å². The molecule has 4 aromatic rings. The average molecular weight is 418 g/mol. The van der Waals surface area contributed by atoms with E-state index in [-0.39, 0.29) is 24.2 Å². The van der Waals surface area contributed by atoms with E-state index in [0.29, 0.717) is 23.0 Å². The average Bonchev–Trinajstić information content (AvgIpc) is 3.46. The van der Waals surface area contributed by atoms with Gasteiger partial charge in [0, 0.05) is 36.3 Å². The minimum absolute atomic E-state index is 0.134. The maximum atomic E-state index is 11.4. The number of nitro groups is 1. The number of pyridine rings is 1. The minimum atomic E-state index is -0.563. The van der Waals surface area contributed by atoms with Gasteiger partial charge in [-0.3, -0.25) is 10.1 Å². The van der Waals surface area contributed by atoms with Crippen molar-refractivity contribution in [1.29, 1.82) is 0 Å². The lowest BCUT2D eigenvalue weighted by Crippen LogP contribution is -1.98. The first-order valence-corrected chi connectivity index (χ1v) is 9.15. The Morgan fingerprint density at radius 3 is 2.55 bits per heavy atom. The monoisotopic (exact) mass is 418 g/mol. The molecule has 0 saturated heterocycles. The molecular weight excluding hydrogens is 404 g/mol. The van der Waals surface area contributed by atoms with Crippen LogP contribution in [0.1, 0.15) is 0 Å². The Balaban J connectivity index is 1.40. The summed E-state index contributed by atoms with van der Waals surface area (Å²) >= 11 is 0. The summed E-state index contributed by atoms with van der Waals surface area (Å²) in [7, 11) is 0. The predicted octanol–water partition coefficient (Wildman–Crippen LogP) is 4.49. The molecule has 0 bridgehead atoms. The van der Waals surface area contributed by atoms with Crippen LogP contribution in [0.2, 0.25) is 0 Å². The molecule has 2 aromatic heterocycles. The van der Waals surface area contributed by atoms with E-state index in [2.05, 4.69) is 9.97 Å². The summed E-state index contributed by atoms with van der Waals surface area (Å²) < 4.78 is 23.8. The number of nitrogens with zero attached hydrogens (tertiary/aromatic N) is 4. The van der Waals surface area contributed by atoms with Gasteiger partial charge in [0.15, 0.2) is 11.5 Å². The van der Waals surface area contributed by atoms with E-state index in [1.54, 1.807) is 61.2 Å². The minimum Gasteiger partial charge on any atom is -0.454 e. The van der Waals surface area contributed by atoms with Crippen LogP contribution in [0, 0.1) is 10.1 Å². The number of rotatable bonds is 6. The van der Waals surface area contributed by atoms with Crippen molar-refractivity contribution in [1.82, 2.24) is 14.5 Å². The smallest absolute Gasteiger partial charge is 0.331 e. The SMILES string of the molecule is O=[N+]([O-])c1ccc(Oc2ccc3c(c2)OCO3)nc1Oc1ccc(-n2ccnc2)cc1. The van der Waals surface area contributed by atoms with Gasteiger partial charge in [-0.1, -0.05) is 0 Å². The fourth-order valence-corrected chi connectivity index (χ4v) is 2.96. The van der Waals surface area contributed by atoms with E-state index in [4.69, 9.17) is 18.9 Å². The van der Waals surface area contributed by atoms with E-state index in [1.807, 2.05) is 4.57 Å². The molecule has 0 spiro atoms. The Hall–Kier alpha value is -4.60. The predicted molar refractivity (Wildman–Crippen MR) is 107 cm³/mol. The lowest BCUT2D eigenvalue weighted by atomic mass is 10.3. The van der Waals surface area contributed by atoms with Gasteiger partial charge >= 0.3 is 11.6 Å². The number of fused-ring (bicyclic) bond motifs is 1. The van der Waals surface area contributed by atoms with Gasteiger partial charge in [0.1, 0.15) is 11.5 Å². The molecular formula is C21H14N4O6. The van der Waals surface area contributed by atoms with E-state index in [1.165, 1.54) is 12.1 Å². The third-order valence-corrected chi connectivity index (χ3v) is 4.43. The van der Waals surface area contributed by atoms with Crippen LogP contribution >= 0.6 is 0 Å². The van der Waals surface area contributed by atoms with Crippen LogP contribution in [0.3, 0.4) is 0 Å². The molecule has 1 aliphatic rings. The van der Waals surface area contributed by atoms with Gasteiger partial charge in [-0.25, -0.2) is 4.98 Å². The Kier molecular flexibility index (Phi) is 4.56. The van der Waals surface area contributed by atoms with Crippen LogP contribution in [0.4, 0.5) is 5.69 Å². The van der Waals surface area contributed by atoms with E-state index >= 15 is 0 Å². The molecule has 154 valence electrons. The standard InChI is InChI=1S/C21H14N4O6/c26-25(27)17-6-8-20(30-16-5-7-18-19(11-16)29-13-28-18)23-21(17)31-15-3-1-14(2-4-15)24-10-9-22-12-24/h1-12H,13H2. The van der Waals surface area contributed by atoms with Crippen LogP contribution in [-0.4, -0.2) is 26.3 Å². The van der Waals surface area contributed by atoms with Crippen LogP contribution in [0.15, 0.2) is 73.3 Å². The molecule has 0 fully saturated rings. The Bertz CT molecular complexity index is 1240. The van der Waals surface area contributed by atoms with Crippen LogP contribution in [-0.2, 0) is 0 Å². The summed E-state index contributed by atoms with van der Waals surface area (Å²) in [6.07, 6.45) is 5.14. The highest BCUT2D eigenvalue weighted by Gasteiger charge is 2.20. The highest BCUT2D eigenvalue weighted by molar-refractivity contribution is 5.49. The number of hydrogen-bond donors (Lipinski definition) is 0. The van der Waals surface area contributed by atoms with Crippen molar-refractivity contribution in [2.75, 3.05) is 6.79 Å². The van der Waals surface area contributed by atoms with Crippen molar-refractivity contribution in [3.63, 3.8) is 0 Å². The number of imidazole rings is 1. The van der Waals surface area contributed by atoms with Gasteiger partial charge in [0.05, 0.1) is 11.3 Å². The van der Waals surface area contributed by atoms with Crippen LogP contribution in [0.5, 0.6) is 34.8 Å². The summed E-state index contributed by atoms with van der Waals surface area (Å²) in [5.74, 6) is 1.95. The van der Waals surface area contributed by atoms with Crippen molar-refractivity contribution < 1.29 is 23.9 Å². The quantitative estimate of drug-likeness (QED) is 0.333. The largest absolute Gasteiger partial charge is 0.454 e. The molecule has 0 radical (unpaired) electrons. The molecule has 0 saturated carbocycles. The van der Waals surface area contributed by atoms with Crippen molar-refractivity contribution in [3.8, 4) is 40.4 Å². The van der Waals surface area contributed by atoms with Gasteiger partial charge < -0.3 is 23.5 Å². The van der Waals surface area contributed by atoms with Crippen molar-refractivity contribution in [2.45, 2.75) is 0 Å². The number of aromatic nitrogens is 3. The fraction of sp³-hybridized carbons (Fsp3) is 0.0476. The van der Waals surface area contributed by atoms with Crippen molar-refractivity contribution >= 4 is 5.69 Å². The second kappa shape index (κ2) is 7.67. The zero-order chi connectivity index (χ0) is 21.2. The number of hydrogen-bond acceptors (Lipinski definition) is 8. The molecule has 10 heteroatoms. The molecule has 0 amide bonds. The normalized spacial score (nSPS) is 11.9. The fourth-order valence-electron chi connectivity index (χ4n) is 2.96. The molecule has 10 nitrogen and oxygen atoms in total. The zero-order valence-electron chi connectivity index (χ0n) is 15.9. The second-order valence-electron chi connectivity index (χ2n) is 6.41. The highest BCUT2D eigenvalue weighted by atomic mass is 16.7. The van der Waals surface area contributed by atoms with E-state index in [9.17, 15) is 10.1 Å². The molecule has 5 rings (SSSR count). The second-order valence-corrected chi connectivity index (χ2v) is 6.41. The maximum Gasteiger partial charge on any atom is 0.331 e. The van der Waals surface area contributed by atoms with Gasteiger partial charge in [0.2, 0.25) is 12.7 Å². The highest BCUT2D eigenvalue weighted by Crippen LogP contribution is 2.37. The number of ether oxygens (including phenoxy) is 4. The molecule has 31 heavy (non-hydrogen) atoms. The molecule has 0 aliphatic carbocycles. The lowest BCUT2D eigenvalue weighted by molar-refractivity contribution is -0.386. The summed E-state index contributed by atoms with van der Waals surface area (Å²) in [5.41, 5.74) is 0.587. The Morgan fingerprint density at radius 2 is 1.77 bits per heavy atom. The first-order valence-electron chi connectivity index (χ1n) is 9.15. The first kappa shape index (κ1) is 18.4.